The van der Waals surface area contributed by atoms with Crippen LogP contribution in [-0.4, -0.2) is 36.0 Å². The number of amides is 3. The lowest BCUT2D eigenvalue weighted by atomic mass is 10.0. The number of thiophene rings is 1. The minimum atomic E-state index is -0.585. The van der Waals surface area contributed by atoms with Gasteiger partial charge in [-0.15, -0.1) is 11.3 Å². The van der Waals surface area contributed by atoms with E-state index in [1.807, 2.05) is 19.9 Å². The van der Waals surface area contributed by atoms with E-state index in [1.54, 1.807) is 24.0 Å². The van der Waals surface area contributed by atoms with Crippen molar-refractivity contribution in [3.05, 3.63) is 50.9 Å². The largest absolute Gasteiger partial charge is 0.450 e. The van der Waals surface area contributed by atoms with E-state index in [2.05, 4.69) is 5.32 Å². The fraction of sp³-hybridized carbons (Fsp3) is 0.350. The van der Waals surface area contributed by atoms with Crippen LogP contribution in [0.1, 0.15) is 49.2 Å². The summed E-state index contributed by atoms with van der Waals surface area (Å²) in [6.45, 7) is 6.67. The Labute approximate surface area is 167 Å². The van der Waals surface area contributed by atoms with E-state index in [4.69, 9.17) is 10.5 Å². The molecule has 3 rings (SSSR count). The van der Waals surface area contributed by atoms with Crippen LogP contribution in [-0.2, 0) is 17.7 Å². The lowest BCUT2D eigenvalue weighted by Crippen LogP contribution is -2.36. The summed E-state index contributed by atoms with van der Waals surface area (Å²) >= 11 is 1.28. The van der Waals surface area contributed by atoms with Gasteiger partial charge in [0.25, 0.3) is 11.8 Å². The van der Waals surface area contributed by atoms with Crippen molar-refractivity contribution in [3.8, 4) is 0 Å². The van der Waals surface area contributed by atoms with Gasteiger partial charge in [-0.25, -0.2) is 4.79 Å². The monoisotopic (exact) mass is 401 g/mol. The number of hydrogen-bond donors (Lipinski definition) is 2. The van der Waals surface area contributed by atoms with Gasteiger partial charge in [0.15, 0.2) is 0 Å². The molecule has 0 unspecified atom stereocenters. The Kier molecular flexibility index (Phi) is 5.69. The summed E-state index contributed by atoms with van der Waals surface area (Å²) in [7, 11) is 0. The average Bonchev–Trinajstić information content (AvgIpc) is 2.98. The van der Waals surface area contributed by atoms with E-state index >= 15 is 0 Å². The van der Waals surface area contributed by atoms with Gasteiger partial charge in [0, 0.05) is 17.0 Å². The first-order chi connectivity index (χ1) is 13.3. The maximum absolute atomic E-state index is 12.7. The number of anilines is 1. The number of hydrogen-bond acceptors (Lipinski definition) is 5. The summed E-state index contributed by atoms with van der Waals surface area (Å²) in [5.74, 6) is -0.882. The Morgan fingerprint density at radius 1 is 1.21 bits per heavy atom. The van der Waals surface area contributed by atoms with Gasteiger partial charge in [0.2, 0.25) is 0 Å². The number of nitrogens with zero attached hydrogens (tertiary/aromatic N) is 1. The second kappa shape index (κ2) is 8.02. The van der Waals surface area contributed by atoms with Crippen LogP contribution >= 0.6 is 11.3 Å². The van der Waals surface area contributed by atoms with Crippen LogP contribution in [0.25, 0.3) is 0 Å². The number of carbonyl (C=O) groups excluding carboxylic acids is 3. The van der Waals surface area contributed by atoms with Gasteiger partial charge in [0.1, 0.15) is 5.00 Å². The number of nitrogens with two attached hydrogens (primary N) is 1. The highest BCUT2D eigenvalue weighted by Crippen LogP contribution is 2.37. The van der Waals surface area contributed by atoms with Crippen LogP contribution in [0.2, 0.25) is 0 Å². The van der Waals surface area contributed by atoms with E-state index in [0.29, 0.717) is 42.2 Å². The first-order valence-electron chi connectivity index (χ1n) is 9.05. The molecule has 2 aromatic rings. The van der Waals surface area contributed by atoms with Crippen molar-refractivity contribution >= 4 is 34.2 Å². The minimum absolute atomic E-state index is 0.296. The number of primary amides is 1. The summed E-state index contributed by atoms with van der Waals surface area (Å²) in [6.07, 6.45) is 0.102. The first kappa shape index (κ1) is 19.9. The van der Waals surface area contributed by atoms with Gasteiger partial charge in [0.05, 0.1) is 18.7 Å². The zero-order valence-electron chi connectivity index (χ0n) is 16.1. The molecule has 2 heterocycles. The predicted molar refractivity (Wildman–Crippen MR) is 108 cm³/mol. The molecule has 3 amide bonds. The molecule has 1 aliphatic rings. The van der Waals surface area contributed by atoms with Gasteiger partial charge in [-0.3, -0.25) is 9.59 Å². The van der Waals surface area contributed by atoms with E-state index in [9.17, 15) is 14.4 Å². The molecule has 8 heteroatoms. The Bertz CT molecular complexity index is 931. The summed E-state index contributed by atoms with van der Waals surface area (Å²) < 4.78 is 5.06. The Morgan fingerprint density at radius 2 is 1.89 bits per heavy atom. The second-order valence-electron chi connectivity index (χ2n) is 6.77. The molecular weight excluding hydrogens is 378 g/mol. The summed E-state index contributed by atoms with van der Waals surface area (Å²) in [5.41, 5.74) is 9.22. The molecule has 0 atom stereocenters. The Balaban J connectivity index is 1.89. The third kappa shape index (κ3) is 4.01. The van der Waals surface area contributed by atoms with E-state index in [0.717, 1.165) is 21.6 Å². The molecular formula is C20H23N3O4S. The topological polar surface area (TPSA) is 102 Å². The van der Waals surface area contributed by atoms with Crippen molar-refractivity contribution in [2.45, 2.75) is 33.7 Å². The quantitative estimate of drug-likeness (QED) is 0.821. The molecule has 28 heavy (non-hydrogen) atoms. The fourth-order valence-electron chi connectivity index (χ4n) is 3.40. The number of ether oxygens (including phenoxy) is 1. The van der Waals surface area contributed by atoms with Crippen molar-refractivity contribution in [2.75, 3.05) is 18.5 Å². The Morgan fingerprint density at radius 3 is 2.50 bits per heavy atom. The molecule has 0 saturated heterocycles. The molecule has 0 saturated carbocycles. The fourth-order valence-corrected chi connectivity index (χ4v) is 4.67. The number of aryl methyl sites for hydroxylation is 2. The summed E-state index contributed by atoms with van der Waals surface area (Å²) in [4.78, 5) is 39.2. The van der Waals surface area contributed by atoms with Crippen molar-refractivity contribution < 1.29 is 19.1 Å². The van der Waals surface area contributed by atoms with E-state index in [1.165, 1.54) is 11.3 Å². The van der Waals surface area contributed by atoms with Crippen molar-refractivity contribution in [1.29, 1.82) is 0 Å². The highest BCUT2D eigenvalue weighted by molar-refractivity contribution is 7.17. The van der Waals surface area contributed by atoms with Gasteiger partial charge in [-0.2, -0.15) is 0 Å². The maximum atomic E-state index is 12.7. The number of carbonyl (C=O) groups is 3. The second-order valence-corrected chi connectivity index (χ2v) is 7.88. The van der Waals surface area contributed by atoms with Crippen molar-refractivity contribution in [1.82, 2.24) is 4.90 Å². The van der Waals surface area contributed by atoms with Crippen LogP contribution in [0.15, 0.2) is 18.2 Å². The molecule has 148 valence electrons. The summed E-state index contributed by atoms with van der Waals surface area (Å²) in [6, 6.07) is 5.57. The highest BCUT2D eigenvalue weighted by Gasteiger charge is 2.30. The third-order valence-electron chi connectivity index (χ3n) is 4.54. The van der Waals surface area contributed by atoms with Crippen LogP contribution in [0.5, 0.6) is 0 Å². The molecule has 3 N–H and O–H groups in total. The zero-order chi connectivity index (χ0) is 20.4. The summed E-state index contributed by atoms with van der Waals surface area (Å²) in [5, 5.41) is 3.26. The standard InChI is InChI=1S/C20H23N3O4S/c1-4-27-20(26)23-6-5-14-15(10-23)28-19(16(14)17(21)24)22-18(25)13-8-11(2)7-12(3)9-13/h7-9H,4-6,10H2,1-3H3,(H2,21,24)(H,22,25). The molecule has 0 aliphatic carbocycles. The zero-order valence-corrected chi connectivity index (χ0v) is 16.9. The number of fused-ring (bicyclic) bond motifs is 1. The molecule has 0 radical (unpaired) electrons. The third-order valence-corrected chi connectivity index (χ3v) is 5.67. The molecule has 0 bridgehead atoms. The minimum Gasteiger partial charge on any atom is -0.450 e. The van der Waals surface area contributed by atoms with Gasteiger partial charge < -0.3 is 20.7 Å². The smallest absolute Gasteiger partial charge is 0.410 e. The number of rotatable bonds is 4. The normalized spacial score (nSPS) is 13.0. The first-order valence-corrected chi connectivity index (χ1v) is 9.87. The van der Waals surface area contributed by atoms with Gasteiger partial charge in [-0.05, 0) is 44.9 Å². The average molecular weight is 401 g/mol. The van der Waals surface area contributed by atoms with Crippen LogP contribution in [0.4, 0.5) is 9.80 Å². The molecule has 7 nitrogen and oxygen atoms in total. The van der Waals surface area contributed by atoms with Crippen LogP contribution < -0.4 is 11.1 Å². The Hall–Kier alpha value is -2.87. The lowest BCUT2D eigenvalue weighted by Gasteiger charge is -2.26. The molecule has 1 aromatic carbocycles. The number of benzene rings is 1. The molecule has 1 aromatic heterocycles. The highest BCUT2D eigenvalue weighted by atomic mass is 32.1. The molecule has 0 fully saturated rings. The SMILES string of the molecule is CCOC(=O)N1CCc2c(sc(NC(=O)c3cc(C)cc(C)c3)c2C(N)=O)C1. The predicted octanol–water partition coefficient (Wildman–Crippen LogP) is 3.23. The number of nitrogens with one attached hydrogen (secondary N) is 1. The lowest BCUT2D eigenvalue weighted by molar-refractivity contribution is 0.0997. The maximum Gasteiger partial charge on any atom is 0.410 e. The molecule has 1 aliphatic heterocycles. The van der Waals surface area contributed by atoms with Crippen molar-refractivity contribution in [2.24, 2.45) is 5.73 Å². The molecule has 0 spiro atoms. The van der Waals surface area contributed by atoms with E-state index in [-0.39, 0.29) is 12.0 Å². The van der Waals surface area contributed by atoms with Gasteiger partial charge in [-0.1, -0.05) is 17.2 Å². The van der Waals surface area contributed by atoms with Crippen LogP contribution in [0, 0.1) is 13.8 Å². The van der Waals surface area contributed by atoms with Gasteiger partial charge >= 0.3 is 6.09 Å². The van der Waals surface area contributed by atoms with Crippen LogP contribution in [0.3, 0.4) is 0 Å². The van der Waals surface area contributed by atoms with Crippen molar-refractivity contribution in [3.63, 3.8) is 0 Å². The van der Waals surface area contributed by atoms with E-state index < -0.39 is 5.91 Å².